The van der Waals surface area contributed by atoms with Crippen LogP contribution in [0.15, 0.2) is 54.7 Å². The third-order valence-electron chi connectivity index (χ3n) is 5.67. The van der Waals surface area contributed by atoms with Crippen LogP contribution >= 0.6 is 0 Å². The summed E-state index contributed by atoms with van der Waals surface area (Å²) in [6, 6.07) is 13.7. The number of rotatable bonds is 9. The van der Waals surface area contributed by atoms with Crippen molar-refractivity contribution in [1.29, 1.82) is 0 Å². The topological polar surface area (TPSA) is 94.9 Å². The summed E-state index contributed by atoms with van der Waals surface area (Å²) in [5.41, 5.74) is 0.679. The Hall–Kier alpha value is -3.85. The van der Waals surface area contributed by atoms with E-state index < -0.39 is 0 Å². The Bertz CT molecular complexity index is 1240. The van der Waals surface area contributed by atoms with Crippen molar-refractivity contribution < 1.29 is 23.8 Å². The quantitative estimate of drug-likeness (QED) is 0.444. The van der Waals surface area contributed by atoms with E-state index in [9.17, 15) is 9.59 Å². The van der Waals surface area contributed by atoms with Crippen LogP contribution in [0, 0.1) is 0 Å². The summed E-state index contributed by atoms with van der Waals surface area (Å²) in [5, 5.41) is 6.99. The summed E-state index contributed by atoms with van der Waals surface area (Å²) in [5.74, 6) is 1.55. The second kappa shape index (κ2) is 11.0. The van der Waals surface area contributed by atoms with Gasteiger partial charge in [0.2, 0.25) is 0 Å². The van der Waals surface area contributed by atoms with E-state index in [0.717, 1.165) is 19.5 Å². The first kappa shape index (κ1) is 26.2. The minimum Gasteiger partial charge on any atom is -0.488 e. The average molecular weight is 507 g/mol. The number of aryl methyl sites for hydroxylation is 1. The molecule has 2 amide bonds. The molecule has 2 aromatic carbocycles. The number of ether oxygens (including phenoxy) is 3. The van der Waals surface area contributed by atoms with Crippen LogP contribution in [0.2, 0.25) is 0 Å². The van der Waals surface area contributed by atoms with E-state index in [2.05, 4.69) is 10.4 Å². The van der Waals surface area contributed by atoms with Crippen molar-refractivity contribution in [1.82, 2.24) is 14.7 Å². The first-order valence-corrected chi connectivity index (χ1v) is 12.4. The monoisotopic (exact) mass is 506 g/mol. The molecule has 1 atom stereocenters. The second-order valence-corrected chi connectivity index (χ2v) is 10.1. The second-order valence-electron chi connectivity index (χ2n) is 10.1. The van der Waals surface area contributed by atoms with Gasteiger partial charge in [-0.2, -0.15) is 5.10 Å². The highest BCUT2D eigenvalue weighted by Crippen LogP contribution is 2.29. The van der Waals surface area contributed by atoms with Gasteiger partial charge in [0.25, 0.3) is 11.8 Å². The van der Waals surface area contributed by atoms with Crippen LogP contribution in [0.5, 0.6) is 17.2 Å². The number of carbonyl (C=O) groups is 2. The van der Waals surface area contributed by atoms with Crippen LogP contribution in [0.3, 0.4) is 0 Å². The maximum absolute atomic E-state index is 13.0. The lowest BCUT2D eigenvalue weighted by molar-refractivity contribution is -0.0374. The van der Waals surface area contributed by atoms with Gasteiger partial charge in [0, 0.05) is 49.6 Å². The predicted octanol–water partition coefficient (Wildman–Crippen LogP) is 4.89. The molecule has 1 aliphatic heterocycles. The number of hydrogen-bond acceptors (Lipinski definition) is 6. The number of carbonyl (C=O) groups excluding carboxylic acids is 2. The molecular formula is C28H34N4O5. The van der Waals surface area contributed by atoms with E-state index in [1.54, 1.807) is 66.5 Å². The first-order valence-electron chi connectivity index (χ1n) is 12.4. The molecule has 9 nitrogen and oxygen atoms in total. The van der Waals surface area contributed by atoms with Crippen LogP contribution < -0.4 is 14.8 Å². The van der Waals surface area contributed by atoms with Gasteiger partial charge >= 0.3 is 0 Å². The van der Waals surface area contributed by atoms with Crippen molar-refractivity contribution in [2.75, 3.05) is 25.0 Å². The number of hydrogen-bond donors (Lipinski definition) is 1. The van der Waals surface area contributed by atoms with Gasteiger partial charge in [0.1, 0.15) is 23.4 Å². The fraction of sp³-hybridized carbons (Fsp3) is 0.393. The van der Waals surface area contributed by atoms with E-state index in [-0.39, 0.29) is 23.5 Å². The summed E-state index contributed by atoms with van der Waals surface area (Å²) in [7, 11) is 1.78. The van der Waals surface area contributed by atoms with Gasteiger partial charge in [-0.05, 0) is 70.5 Å². The number of amides is 2. The van der Waals surface area contributed by atoms with E-state index in [0.29, 0.717) is 40.8 Å². The van der Waals surface area contributed by atoms with Crippen molar-refractivity contribution in [2.24, 2.45) is 7.05 Å². The zero-order valence-corrected chi connectivity index (χ0v) is 22.0. The molecule has 1 aliphatic rings. The number of nitrogens with zero attached hydrogens (tertiary/aromatic N) is 3. The van der Waals surface area contributed by atoms with Gasteiger partial charge in [-0.25, -0.2) is 0 Å². The summed E-state index contributed by atoms with van der Waals surface area (Å²) in [6.45, 7) is 9.83. The Kier molecular flexibility index (Phi) is 7.83. The molecule has 1 fully saturated rings. The Morgan fingerprint density at radius 2 is 1.70 bits per heavy atom. The van der Waals surface area contributed by atoms with E-state index in [1.807, 2.05) is 32.6 Å². The zero-order chi connectivity index (χ0) is 26.6. The molecule has 1 N–H and O–H groups in total. The summed E-state index contributed by atoms with van der Waals surface area (Å²) >= 11 is 0. The first-order chi connectivity index (χ1) is 17.6. The molecule has 9 heteroatoms. The lowest BCUT2D eigenvalue weighted by Crippen LogP contribution is -2.41. The van der Waals surface area contributed by atoms with Crippen molar-refractivity contribution in [3.05, 3.63) is 65.9 Å². The molecule has 1 aromatic heterocycles. The van der Waals surface area contributed by atoms with E-state index in [4.69, 9.17) is 14.2 Å². The van der Waals surface area contributed by atoms with Crippen LogP contribution in [0.4, 0.5) is 5.82 Å². The molecule has 0 radical (unpaired) electrons. The molecular weight excluding hydrogens is 472 g/mol. The number of aromatic nitrogens is 2. The van der Waals surface area contributed by atoms with Crippen molar-refractivity contribution in [3.63, 3.8) is 0 Å². The molecule has 0 spiro atoms. The standard InChI is InChI=1S/C28H34N4O5/c1-19(18-35-28(2,3)4)36-23-15-21(26(33)29-25-11-14-31(5)30-25)16-24(17-23)37-22-9-7-20(8-10-22)27(34)32-12-6-13-32/h7-11,14-17,19H,6,12-13,18H2,1-5H3,(H,29,30,33)/t19-/m0/s1. The Morgan fingerprint density at radius 3 is 2.30 bits per heavy atom. The number of likely N-dealkylation sites (tertiary alicyclic amines) is 1. The van der Waals surface area contributed by atoms with Gasteiger partial charge in [0.05, 0.1) is 12.2 Å². The largest absolute Gasteiger partial charge is 0.488 e. The van der Waals surface area contributed by atoms with Gasteiger partial charge in [-0.3, -0.25) is 14.3 Å². The van der Waals surface area contributed by atoms with Crippen LogP contribution in [0.1, 0.15) is 54.8 Å². The van der Waals surface area contributed by atoms with Gasteiger partial charge in [-0.15, -0.1) is 0 Å². The fourth-order valence-electron chi connectivity index (χ4n) is 3.64. The highest BCUT2D eigenvalue weighted by molar-refractivity contribution is 6.04. The summed E-state index contributed by atoms with van der Waals surface area (Å²) in [6.07, 6.45) is 2.53. The molecule has 0 unspecified atom stereocenters. The molecule has 1 saturated heterocycles. The summed E-state index contributed by atoms with van der Waals surface area (Å²) in [4.78, 5) is 27.3. The molecule has 3 aromatic rings. The summed E-state index contributed by atoms with van der Waals surface area (Å²) < 4.78 is 19.6. The minimum atomic E-state index is -0.344. The third kappa shape index (κ3) is 7.33. The van der Waals surface area contributed by atoms with Crippen molar-refractivity contribution >= 4 is 17.6 Å². The number of nitrogens with one attached hydrogen (secondary N) is 1. The van der Waals surface area contributed by atoms with Gasteiger partial charge in [0.15, 0.2) is 5.82 Å². The van der Waals surface area contributed by atoms with Crippen molar-refractivity contribution in [2.45, 2.75) is 45.8 Å². The Balaban J connectivity index is 1.52. The zero-order valence-electron chi connectivity index (χ0n) is 22.0. The highest BCUT2D eigenvalue weighted by atomic mass is 16.5. The van der Waals surface area contributed by atoms with Gasteiger partial charge in [-0.1, -0.05) is 0 Å². The Morgan fingerprint density at radius 1 is 1.00 bits per heavy atom. The maximum atomic E-state index is 13.0. The predicted molar refractivity (Wildman–Crippen MR) is 140 cm³/mol. The molecule has 37 heavy (non-hydrogen) atoms. The van der Waals surface area contributed by atoms with Crippen LogP contribution in [0.25, 0.3) is 0 Å². The SMILES string of the molecule is C[C@@H](COC(C)(C)C)Oc1cc(Oc2ccc(C(=O)N3CCC3)cc2)cc(C(=O)Nc2ccn(C)n2)c1. The van der Waals surface area contributed by atoms with Crippen LogP contribution in [-0.2, 0) is 11.8 Å². The average Bonchev–Trinajstić information content (AvgIpc) is 3.21. The lowest BCUT2D eigenvalue weighted by atomic mass is 10.1. The highest BCUT2D eigenvalue weighted by Gasteiger charge is 2.21. The molecule has 196 valence electrons. The molecule has 2 heterocycles. The minimum absolute atomic E-state index is 0.0214. The smallest absolute Gasteiger partial charge is 0.257 e. The van der Waals surface area contributed by atoms with Crippen LogP contribution in [-0.4, -0.2) is 57.9 Å². The third-order valence-corrected chi connectivity index (χ3v) is 5.67. The molecule has 4 rings (SSSR count). The molecule has 0 saturated carbocycles. The maximum Gasteiger partial charge on any atom is 0.257 e. The number of anilines is 1. The van der Waals surface area contributed by atoms with Crippen molar-refractivity contribution in [3.8, 4) is 17.2 Å². The van der Waals surface area contributed by atoms with Gasteiger partial charge < -0.3 is 24.4 Å². The normalized spacial score (nSPS) is 14.0. The van der Waals surface area contributed by atoms with E-state index in [1.165, 1.54) is 0 Å². The van der Waals surface area contributed by atoms with E-state index >= 15 is 0 Å². The fourth-order valence-corrected chi connectivity index (χ4v) is 3.64. The Labute approximate surface area is 217 Å². The molecule has 0 aliphatic carbocycles. The molecule has 0 bridgehead atoms. The number of benzene rings is 2. The lowest BCUT2D eigenvalue weighted by Gasteiger charge is -2.30.